The van der Waals surface area contributed by atoms with Crippen LogP contribution in [0.3, 0.4) is 0 Å². The van der Waals surface area contributed by atoms with Crippen LogP contribution in [0.25, 0.3) is 0 Å². The molecule has 0 aromatic carbocycles. The lowest BCUT2D eigenvalue weighted by molar-refractivity contribution is -0.131. The molecule has 2 aliphatic rings. The molecular weight excluding hydrogens is 278 g/mol. The number of pyridine rings is 1. The van der Waals surface area contributed by atoms with Crippen LogP contribution in [0.2, 0.25) is 0 Å². The van der Waals surface area contributed by atoms with Crippen LogP contribution < -0.4 is 5.32 Å². The second-order valence-electron chi connectivity index (χ2n) is 6.56. The molecule has 5 heteroatoms. The summed E-state index contributed by atoms with van der Waals surface area (Å²) in [4.78, 5) is 18.9. The Balaban J connectivity index is 1.60. The Morgan fingerprint density at radius 2 is 2.36 bits per heavy atom. The lowest BCUT2D eigenvalue weighted by atomic mass is 9.94. The van der Waals surface area contributed by atoms with Gasteiger partial charge < -0.3 is 10.1 Å². The first kappa shape index (κ1) is 15.4. The van der Waals surface area contributed by atoms with Gasteiger partial charge in [-0.15, -0.1) is 0 Å². The summed E-state index contributed by atoms with van der Waals surface area (Å²) in [5, 5.41) is 3.11. The van der Waals surface area contributed by atoms with Gasteiger partial charge in [0.1, 0.15) is 6.10 Å². The second-order valence-corrected chi connectivity index (χ2v) is 6.56. The molecule has 22 heavy (non-hydrogen) atoms. The number of hydrogen-bond donors (Lipinski definition) is 1. The summed E-state index contributed by atoms with van der Waals surface area (Å²) in [6, 6.07) is 4.43. The maximum atomic E-state index is 12.3. The van der Waals surface area contributed by atoms with E-state index in [1.807, 2.05) is 12.3 Å². The van der Waals surface area contributed by atoms with Gasteiger partial charge in [0.25, 0.3) is 0 Å². The van der Waals surface area contributed by atoms with E-state index < -0.39 is 0 Å². The summed E-state index contributed by atoms with van der Waals surface area (Å²) in [5.41, 5.74) is 1.23. The third-order valence-corrected chi connectivity index (χ3v) is 4.98. The predicted octanol–water partition coefficient (Wildman–Crippen LogP) is 1.62. The molecule has 3 rings (SSSR count). The summed E-state index contributed by atoms with van der Waals surface area (Å²) >= 11 is 0. The number of nitrogens with zero attached hydrogens (tertiary/aromatic N) is 2. The standard InChI is InChI=1S/C17H25N3O2/c1-12-6-9-22-16(12)17(21)19-11-14-5-8-20(2)15(14)13-4-3-7-18-10-13/h3-4,7,10,12,14-16H,5-6,8-9,11H2,1-2H3,(H,19,21)/t12?,14-,15-,16?/m0/s1. The molecular formula is C17H25N3O2. The van der Waals surface area contributed by atoms with E-state index >= 15 is 0 Å². The number of hydrogen-bond acceptors (Lipinski definition) is 4. The minimum atomic E-state index is -0.268. The van der Waals surface area contributed by atoms with Gasteiger partial charge in [0.2, 0.25) is 5.91 Å². The van der Waals surface area contributed by atoms with Crippen molar-refractivity contribution < 1.29 is 9.53 Å². The first-order valence-corrected chi connectivity index (χ1v) is 8.16. The van der Waals surface area contributed by atoms with Gasteiger partial charge >= 0.3 is 0 Å². The molecule has 2 unspecified atom stereocenters. The molecule has 0 saturated carbocycles. The van der Waals surface area contributed by atoms with Crippen LogP contribution >= 0.6 is 0 Å². The maximum absolute atomic E-state index is 12.3. The second kappa shape index (κ2) is 6.75. The number of rotatable bonds is 4. The molecule has 3 heterocycles. The zero-order valence-electron chi connectivity index (χ0n) is 13.4. The molecule has 120 valence electrons. The third-order valence-electron chi connectivity index (χ3n) is 4.98. The quantitative estimate of drug-likeness (QED) is 0.918. The minimum absolute atomic E-state index is 0.0458. The number of aromatic nitrogens is 1. The molecule has 2 fully saturated rings. The number of nitrogens with one attached hydrogen (secondary N) is 1. The van der Waals surface area contributed by atoms with Crippen LogP contribution in [0, 0.1) is 11.8 Å². The Hall–Kier alpha value is -1.46. The van der Waals surface area contributed by atoms with E-state index in [4.69, 9.17) is 4.74 Å². The molecule has 1 aromatic rings. The molecule has 0 spiro atoms. The highest BCUT2D eigenvalue weighted by Crippen LogP contribution is 2.35. The molecule has 0 aliphatic carbocycles. The molecule has 4 atom stereocenters. The molecule has 0 bridgehead atoms. The summed E-state index contributed by atoms with van der Waals surface area (Å²) in [7, 11) is 2.14. The monoisotopic (exact) mass is 303 g/mol. The molecule has 2 aliphatic heterocycles. The van der Waals surface area contributed by atoms with Gasteiger partial charge in [-0.05, 0) is 49.9 Å². The Kier molecular flexibility index (Phi) is 4.74. The number of carbonyl (C=O) groups excluding carboxylic acids is 1. The van der Waals surface area contributed by atoms with Crippen LogP contribution in [-0.2, 0) is 9.53 Å². The highest BCUT2D eigenvalue weighted by Gasteiger charge is 2.35. The molecule has 1 N–H and O–H groups in total. The van der Waals surface area contributed by atoms with Crippen molar-refractivity contribution in [2.24, 2.45) is 11.8 Å². The highest BCUT2D eigenvalue weighted by molar-refractivity contribution is 5.81. The first-order valence-electron chi connectivity index (χ1n) is 8.16. The maximum Gasteiger partial charge on any atom is 0.249 e. The fraction of sp³-hybridized carbons (Fsp3) is 0.647. The lowest BCUT2D eigenvalue weighted by Gasteiger charge is -2.26. The van der Waals surface area contributed by atoms with Gasteiger partial charge in [-0.25, -0.2) is 0 Å². The van der Waals surface area contributed by atoms with Crippen molar-refractivity contribution >= 4 is 5.91 Å². The van der Waals surface area contributed by atoms with Crippen LogP contribution in [-0.4, -0.2) is 48.6 Å². The predicted molar refractivity (Wildman–Crippen MR) is 84.2 cm³/mol. The van der Waals surface area contributed by atoms with Gasteiger partial charge in [0.05, 0.1) is 0 Å². The summed E-state index contributed by atoms with van der Waals surface area (Å²) in [6.45, 7) is 4.54. The van der Waals surface area contributed by atoms with Gasteiger partial charge in [0, 0.05) is 31.6 Å². The summed E-state index contributed by atoms with van der Waals surface area (Å²) in [6.07, 6.45) is 5.54. The van der Waals surface area contributed by atoms with Gasteiger partial charge in [-0.3, -0.25) is 14.7 Å². The SMILES string of the molecule is CC1CCOC1C(=O)NC[C@@H]1CCN(C)[C@H]1c1cccnc1. The van der Waals surface area contributed by atoms with E-state index in [-0.39, 0.29) is 12.0 Å². The Labute approximate surface area is 132 Å². The Morgan fingerprint density at radius 3 is 3.05 bits per heavy atom. The Bertz CT molecular complexity index is 508. The topological polar surface area (TPSA) is 54.5 Å². The normalized spacial score (nSPS) is 32.3. The van der Waals surface area contributed by atoms with E-state index in [2.05, 4.69) is 35.2 Å². The van der Waals surface area contributed by atoms with Crippen molar-refractivity contribution in [3.63, 3.8) is 0 Å². The lowest BCUT2D eigenvalue weighted by Crippen LogP contribution is -2.40. The number of likely N-dealkylation sites (tertiary alicyclic amines) is 1. The molecule has 1 aromatic heterocycles. The van der Waals surface area contributed by atoms with E-state index in [1.54, 1.807) is 6.20 Å². The average molecular weight is 303 g/mol. The van der Waals surface area contributed by atoms with Crippen LogP contribution in [0.1, 0.15) is 31.4 Å². The van der Waals surface area contributed by atoms with Crippen LogP contribution in [0.5, 0.6) is 0 Å². The summed E-state index contributed by atoms with van der Waals surface area (Å²) in [5.74, 6) is 0.791. The molecule has 2 saturated heterocycles. The first-order chi connectivity index (χ1) is 10.7. The van der Waals surface area contributed by atoms with Crippen molar-refractivity contribution in [1.82, 2.24) is 15.2 Å². The van der Waals surface area contributed by atoms with Crippen molar-refractivity contribution in [1.29, 1.82) is 0 Å². The zero-order chi connectivity index (χ0) is 15.5. The van der Waals surface area contributed by atoms with E-state index in [0.717, 1.165) is 19.4 Å². The van der Waals surface area contributed by atoms with Crippen LogP contribution in [0.15, 0.2) is 24.5 Å². The van der Waals surface area contributed by atoms with E-state index in [1.165, 1.54) is 5.56 Å². The Morgan fingerprint density at radius 1 is 1.50 bits per heavy atom. The number of ether oxygens (including phenoxy) is 1. The molecule has 0 radical (unpaired) electrons. The largest absolute Gasteiger partial charge is 0.368 e. The van der Waals surface area contributed by atoms with Crippen molar-refractivity contribution in [2.45, 2.75) is 31.9 Å². The molecule has 1 amide bonds. The molecule has 5 nitrogen and oxygen atoms in total. The van der Waals surface area contributed by atoms with Gasteiger partial charge in [-0.1, -0.05) is 13.0 Å². The fourth-order valence-electron chi connectivity index (χ4n) is 3.68. The zero-order valence-corrected chi connectivity index (χ0v) is 13.4. The van der Waals surface area contributed by atoms with E-state index in [0.29, 0.717) is 31.0 Å². The highest BCUT2D eigenvalue weighted by atomic mass is 16.5. The average Bonchev–Trinajstić information content (AvgIpc) is 3.11. The fourth-order valence-corrected chi connectivity index (χ4v) is 3.68. The van der Waals surface area contributed by atoms with Crippen molar-refractivity contribution in [3.05, 3.63) is 30.1 Å². The smallest absolute Gasteiger partial charge is 0.249 e. The van der Waals surface area contributed by atoms with Gasteiger partial charge in [-0.2, -0.15) is 0 Å². The number of amides is 1. The van der Waals surface area contributed by atoms with Crippen LogP contribution in [0.4, 0.5) is 0 Å². The minimum Gasteiger partial charge on any atom is -0.368 e. The number of carbonyl (C=O) groups is 1. The van der Waals surface area contributed by atoms with E-state index in [9.17, 15) is 4.79 Å². The van der Waals surface area contributed by atoms with Crippen molar-refractivity contribution in [3.8, 4) is 0 Å². The third kappa shape index (κ3) is 3.15. The summed E-state index contributed by atoms with van der Waals surface area (Å²) < 4.78 is 5.54. The van der Waals surface area contributed by atoms with Gasteiger partial charge in [0.15, 0.2) is 0 Å². The van der Waals surface area contributed by atoms with Crippen molar-refractivity contribution in [2.75, 3.05) is 26.7 Å².